The van der Waals surface area contributed by atoms with Gasteiger partial charge in [-0.05, 0) is 47.7 Å². The fourth-order valence-electron chi connectivity index (χ4n) is 1.88. The summed E-state index contributed by atoms with van der Waals surface area (Å²) in [5, 5.41) is 3.32. The van der Waals surface area contributed by atoms with E-state index in [0.717, 1.165) is 19.5 Å². The fraction of sp³-hybridized carbons (Fsp3) is 0.917. The van der Waals surface area contributed by atoms with Crippen molar-refractivity contribution in [1.82, 2.24) is 10.2 Å². The van der Waals surface area contributed by atoms with Gasteiger partial charge in [0.05, 0.1) is 0 Å². The number of nitrogens with one attached hydrogen (secondary N) is 1. The van der Waals surface area contributed by atoms with Gasteiger partial charge in [0, 0.05) is 12.6 Å². The van der Waals surface area contributed by atoms with E-state index in [9.17, 15) is 4.79 Å². The molecule has 1 aliphatic heterocycles. The smallest absolute Gasteiger partial charge is 0.323 e. The van der Waals surface area contributed by atoms with Gasteiger partial charge < -0.3 is 15.0 Å². The Kier molecular flexibility index (Phi) is 4.33. The molecule has 0 aliphatic carbocycles. The Bertz CT molecular complexity index is 248. The summed E-state index contributed by atoms with van der Waals surface area (Å²) >= 11 is 0. The summed E-state index contributed by atoms with van der Waals surface area (Å²) in [7, 11) is 2.10. The Morgan fingerprint density at radius 1 is 1.50 bits per heavy atom. The highest BCUT2D eigenvalue weighted by atomic mass is 16.6. The van der Waals surface area contributed by atoms with Crippen LogP contribution in [0.25, 0.3) is 0 Å². The first-order valence-corrected chi connectivity index (χ1v) is 5.95. The number of esters is 1. The minimum Gasteiger partial charge on any atom is -0.459 e. The number of nitrogens with zero attached hydrogens (tertiary/aromatic N) is 1. The zero-order valence-electron chi connectivity index (χ0n) is 11.0. The molecular formula is C12H24N2O2. The maximum atomic E-state index is 11.7. The first kappa shape index (κ1) is 13.5. The molecule has 0 bridgehead atoms. The lowest BCUT2D eigenvalue weighted by Gasteiger charge is -2.24. The molecule has 0 amide bonds. The largest absolute Gasteiger partial charge is 0.459 e. The van der Waals surface area contributed by atoms with E-state index < -0.39 is 5.60 Å². The lowest BCUT2D eigenvalue weighted by atomic mass is 10.2. The monoisotopic (exact) mass is 228 g/mol. The van der Waals surface area contributed by atoms with Crippen LogP contribution in [0.3, 0.4) is 0 Å². The lowest BCUT2D eigenvalue weighted by Crippen LogP contribution is -2.45. The normalized spacial score (nSPS) is 24.4. The van der Waals surface area contributed by atoms with Crippen molar-refractivity contribution in [2.75, 3.05) is 20.1 Å². The molecule has 1 rings (SSSR count). The molecule has 0 radical (unpaired) electrons. The van der Waals surface area contributed by atoms with E-state index in [1.165, 1.54) is 0 Å². The van der Waals surface area contributed by atoms with Gasteiger partial charge in [0.15, 0.2) is 0 Å². The Labute approximate surface area is 98.3 Å². The molecule has 0 aromatic heterocycles. The average molecular weight is 228 g/mol. The van der Waals surface area contributed by atoms with Crippen LogP contribution in [0.4, 0.5) is 0 Å². The number of hydrogen-bond donors (Lipinski definition) is 1. The van der Waals surface area contributed by atoms with Crippen molar-refractivity contribution < 1.29 is 9.53 Å². The third-order valence-corrected chi connectivity index (χ3v) is 2.64. The molecule has 0 spiro atoms. The lowest BCUT2D eigenvalue weighted by molar-refractivity contribution is -0.157. The molecule has 2 unspecified atom stereocenters. The first-order chi connectivity index (χ1) is 7.28. The Morgan fingerprint density at radius 2 is 2.12 bits per heavy atom. The quantitative estimate of drug-likeness (QED) is 0.732. The van der Waals surface area contributed by atoms with Crippen molar-refractivity contribution in [3.63, 3.8) is 0 Å². The van der Waals surface area contributed by atoms with Crippen LogP contribution < -0.4 is 5.32 Å². The molecule has 94 valence electrons. The van der Waals surface area contributed by atoms with E-state index in [1.807, 2.05) is 27.7 Å². The summed E-state index contributed by atoms with van der Waals surface area (Å²) in [6, 6.07) is 0.184. The van der Waals surface area contributed by atoms with Gasteiger partial charge in [0.1, 0.15) is 11.6 Å². The zero-order valence-corrected chi connectivity index (χ0v) is 11.0. The van der Waals surface area contributed by atoms with Crippen molar-refractivity contribution in [3.05, 3.63) is 0 Å². The van der Waals surface area contributed by atoms with Crippen molar-refractivity contribution in [2.24, 2.45) is 0 Å². The van der Waals surface area contributed by atoms with Gasteiger partial charge in [-0.3, -0.25) is 4.79 Å². The average Bonchev–Trinajstić information content (AvgIpc) is 2.48. The number of carbonyl (C=O) groups is 1. The van der Waals surface area contributed by atoms with Crippen LogP contribution >= 0.6 is 0 Å². The van der Waals surface area contributed by atoms with Crippen LogP contribution in [0.15, 0.2) is 0 Å². The van der Waals surface area contributed by atoms with Gasteiger partial charge in [0.2, 0.25) is 0 Å². The molecule has 0 aromatic rings. The first-order valence-electron chi connectivity index (χ1n) is 5.95. The molecule has 1 fully saturated rings. The van der Waals surface area contributed by atoms with Crippen molar-refractivity contribution >= 4 is 5.97 Å². The number of hydrogen-bond acceptors (Lipinski definition) is 4. The second kappa shape index (κ2) is 5.15. The predicted molar refractivity (Wildman–Crippen MR) is 64.3 cm³/mol. The van der Waals surface area contributed by atoms with E-state index in [4.69, 9.17) is 4.74 Å². The Hall–Kier alpha value is -0.610. The number of likely N-dealkylation sites (N-methyl/N-ethyl adjacent to an activating group) is 1. The molecule has 2 atom stereocenters. The molecule has 1 aliphatic rings. The third-order valence-electron chi connectivity index (χ3n) is 2.64. The summed E-state index contributed by atoms with van der Waals surface area (Å²) in [6.45, 7) is 9.64. The van der Waals surface area contributed by atoms with Crippen LogP contribution in [0.2, 0.25) is 0 Å². The standard InChI is InChI=1S/C12H24N2O2/c1-9(11(15)16-12(2,3)4)13-10-6-7-14(5)8-10/h9-10,13H,6-8H2,1-5H3. The summed E-state index contributed by atoms with van der Waals surface area (Å²) in [6.07, 6.45) is 1.10. The van der Waals surface area contributed by atoms with Crippen LogP contribution in [-0.4, -0.2) is 48.7 Å². The van der Waals surface area contributed by atoms with Gasteiger partial charge in [-0.2, -0.15) is 0 Å². The van der Waals surface area contributed by atoms with Gasteiger partial charge in [0.25, 0.3) is 0 Å². The zero-order chi connectivity index (χ0) is 12.3. The highest BCUT2D eigenvalue weighted by Gasteiger charge is 2.26. The molecule has 0 saturated carbocycles. The van der Waals surface area contributed by atoms with Gasteiger partial charge >= 0.3 is 5.97 Å². The van der Waals surface area contributed by atoms with E-state index in [2.05, 4.69) is 17.3 Å². The van der Waals surface area contributed by atoms with E-state index >= 15 is 0 Å². The number of likely N-dealkylation sites (tertiary alicyclic amines) is 1. The summed E-state index contributed by atoms with van der Waals surface area (Å²) < 4.78 is 5.32. The van der Waals surface area contributed by atoms with E-state index in [0.29, 0.717) is 6.04 Å². The van der Waals surface area contributed by atoms with Crippen molar-refractivity contribution in [1.29, 1.82) is 0 Å². The Morgan fingerprint density at radius 3 is 2.56 bits per heavy atom. The van der Waals surface area contributed by atoms with Crippen molar-refractivity contribution in [3.8, 4) is 0 Å². The van der Waals surface area contributed by atoms with E-state index in [-0.39, 0.29) is 12.0 Å². The highest BCUT2D eigenvalue weighted by molar-refractivity contribution is 5.75. The van der Waals surface area contributed by atoms with E-state index in [1.54, 1.807) is 0 Å². The van der Waals surface area contributed by atoms with Crippen molar-refractivity contribution in [2.45, 2.75) is 51.8 Å². The second-order valence-corrected chi connectivity index (χ2v) is 5.67. The topological polar surface area (TPSA) is 41.6 Å². The summed E-state index contributed by atoms with van der Waals surface area (Å²) in [5.41, 5.74) is -0.403. The molecule has 0 aromatic carbocycles. The van der Waals surface area contributed by atoms with Gasteiger partial charge in [-0.1, -0.05) is 0 Å². The van der Waals surface area contributed by atoms with Crippen LogP contribution in [0.1, 0.15) is 34.1 Å². The fourth-order valence-corrected chi connectivity index (χ4v) is 1.88. The molecule has 1 saturated heterocycles. The maximum absolute atomic E-state index is 11.7. The molecule has 1 heterocycles. The SMILES string of the molecule is CC(NC1CCN(C)C1)C(=O)OC(C)(C)C. The summed E-state index contributed by atoms with van der Waals surface area (Å²) in [5.74, 6) is -0.165. The molecular weight excluding hydrogens is 204 g/mol. The second-order valence-electron chi connectivity index (χ2n) is 5.67. The third kappa shape index (κ3) is 4.49. The molecule has 1 N–H and O–H groups in total. The number of rotatable bonds is 3. The maximum Gasteiger partial charge on any atom is 0.323 e. The van der Waals surface area contributed by atoms with Crippen LogP contribution in [0, 0.1) is 0 Å². The highest BCUT2D eigenvalue weighted by Crippen LogP contribution is 2.11. The molecule has 4 nitrogen and oxygen atoms in total. The minimum atomic E-state index is -0.403. The van der Waals surface area contributed by atoms with Gasteiger partial charge in [-0.15, -0.1) is 0 Å². The number of ether oxygens (including phenoxy) is 1. The number of carbonyl (C=O) groups excluding carboxylic acids is 1. The van der Waals surface area contributed by atoms with Gasteiger partial charge in [-0.25, -0.2) is 0 Å². The summed E-state index contributed by atoms with van der Waals surface area (Å²) in [4.78, 5) is 14.0. The predicted octanol–water partition coefficient (Wildman–Crippen LogP) is 1.01. The molecule has 16 heavy (non-hydrogen) atoms. The minimum absolute atomic E-state index is 0.165. The van der Waals surface area contributed by atoms with Crippen LogP contribution in [-0.2, 0) is 9.53 Å². The Balaban J connectivity index is 2.34. The van der Waals surface area contributed by atoms with Crippen LogP contribution in [0.5, 0.6) is 0 Å². The molecule has 4 heteroatoms.